The van der Waals surface area contributed by atoms with Gasteiger partial charge >= 0.3 is 5.97 Å². The van der Waals surface area contributed by atoms with Gasteiger partial charge in [0.2, 0.25) is 0 Å². The average molecular weight is 363 g/mol. The van der Waals surface area contributed by atoms with Gasteiger partial charge < -0.3 is 9.94 Å². The molecular formula is C21H33NO4. The summed E-state index contributed by atoms with van der Waals surface area (Å²) in [7, 11) is 0. The van der Waals surface area contributed by atoms with Crippen molar-refractivity contribution in [2.75, 3.05) is 0 Å². The van der Waals surface area contributed by atoms with E-state index in [9.17, 15) is 14.7 Å². The van der Waals surface area contributed by atoms with Gasteiger partial charge in [-0.05, 0) is 19.3 Å². The first-order chi connectivity index (χ1) is 12.5. The molecule has 0 saturated carbocycles. The molecule has 5 nitrogen and oxygen atoms in total. The van der Waals surface area contributed by atoms with Crippen LogP contribution in [0.25, 0.3) is 0 Å². The molecule has 1 heterocycles. The lowest BCUT2D eigenvalue weighted by Crippen LogP contribution is -2.36. The maximum atomic E-state index is 12.2. The summed E-state index contributed by atoms with van der Waals surface area (Å²) in [5, 5.41) is 11.2. The molecule has 3 atom stereocenters. The van der Waals surface area contributed by atoms with Gasteiger partial charge in [0.25, 0.3) is 5.91 Å². The van der Waals surface area contributed by atoms with E-state index in [1.165, 1.54) is 5.06 Å². The lowest BCUT2D eigenvalue weighted by Gasteiger charge is -2.22. The number of hydrogen-bond donors (Lipinski definition) is 1. The molecule has 1 rings (SSSR count). The van der Waals surface area contributed by atoms with Gasteiger partial charge in [0.15, 0.2) is 0 Å². The zero-order valence-electron chi connectivity index (χ0n) is 16.4. The van der Waals surface area contributed by atoms with Gasteiger partial charge in [0.05, 0.1) is 18.1 Å². The highest BCUT2D eigenvalue weighted by atomic mass is 16.7. The first-order valence-electron chi connectivity index (χ1n) is 9.85. The molecule has 1 N–H and O–H groups in total. The van der Waals surface area contributed by atoms with E-state index in [0.717, 1.165) is 32.1 Å². The zero-order valence-corrected chi connectivity index (χ0v) is 16.4. The molecule has 1 aliphatic heterocycles. The maximum Gasteiger partial charge on any atom is 0.335 e. The Labute approximate surface area is 157 Å². The van der Waals surface area contributed by atoms with E-state index in [4.69, 9.17) is 4.84 Å². The Morgan fingerprint density at radius 2 is 2.12 bits per heavy atom. The number of hydroxylamine groups is 2. The molecule has 0 radical (unpaired) electrons. The van der Waals surface area contributed by atoms with Crippen LogP contribution in [0.5, 0.6) is 0 Å². The number of carbonyl (C=O) groups is 2. The molecule has 1 fully saturated rings. The number of carbonyl (C=O) groups excluding carboxylic acids is 2. The van der Waals surface area contributed by atoms with E-state index in [1.54, 1.807) is 12.2 Å². The van der Waals surface area contributed by atoms with Crippen molar-refractivity contribution in [3.8, 4) is 11.8 Å². The number of rotatable bonds is 10. The number of nitrogens with zero attached hydrogens (tertiary/aromatic N) is 1. The van der Waals surface area contributed by atoms with Crippen molar-refractivity contribution in [1.29, 1.82) is 0 Å². The van der Waals surface area contributed by atoms with Crippen LogP contribution in [-0.2, 0) is 14.4 Å². The molecule has 1 unspecified atom stereocenters. The number of unbranched alkanes of at least 4 members (excludes halogenated alkanes) is 2. The third-order valence-corrected chi connectivity index (χ3v) is 4.45. The summed E-state index contributed by atoms with van der Waals surface area (Å²) < 4.78 is 0. The van der Waals surface area contributed by atoms with Gasteiger partial charge in [-0.3, -0.25) is 4.79 Å². The van der Waals surface area contributed by atoms with E-state index in [0.29, 0.717) is 25.7 Å². The fraction of sp³-hybridized carbons (Fsp3) is 0.714. The van der Waals surface area contributed by atoms with Crippen molar-refractivity contribution >= 4 is 11.9 Å². The fourth-order valence-electron chi connectivity index (χ4n) is 2.77. The third-order valence-electron chi connectivity index (χ3n) is 4.45. The fourth-order valence-corrected chi connectivity index (χ4v) is 2.77. The number of aliphatic hydroxyl groups is 1. The van der Waals surface area contributed by atoms with Crippen LogP contribution in [0.4, 0.5) is 0 Å². The smallest absolute Gasteiger partial charge is 0.335 e. The molecule has 0 aromatic rings. The summed E-state index contributed by atoms with van der Waals surface area (Å²) >= 11 is 0. The summed E-state index contributed by atoms with van der Waals surface area (Å²) in [4.78, 5) is 29.6. The summed E-state index contributed by atoms with van der Waals surface area (Å²) in [6.45, 7) is 5.94. The monoisotopic (exact) mass is 363 g/mol. The van der Waals surface area contributed by atoms with Crippen LogP contribution in [0.2, 0.25) is 0 Å². The van der Waals surface area contributed by atoms with E-state index in [1.807, 2.05) is 13.8 Å². The molecule has 1 saturated heterocycles. The highest BCUT2D eigenvalue weighted by molar-refractivity contribution is 5.81. The highest BCUT2D eigenvalue weighted by Gasteiger charge is 2.33. The summed E-state index contributed by atoms with van der Waals surface area (Å²) in [6, 6.07) is -0.300. The summed E-state index contributed by atoms with van der Waals surface area (Å²) in [6.07, 6.45) is 9.71. The first-order valence-corrected chi connectivity index (χ1v) is 9.85. The molecular weight excluding hydrogens is 330 g/mol. The van der Waals surface area contributed by atoms with Crippen LogP contribution in [0.3, 0.4) is 0 Å². The lowest BCUT2D eigenvalue weighted by atomic mass is 10.0. The Balaban J connectivity index is 2.51. The van der Waals surface area contributed by atoms with Crippen LogP contribution >= 0.6 is 0 Å². The van der Waals surface area contributed by atoms with Crippen molar-refractivity contribution in [2.45, 2.75) is 90.7 Å². The molecule has 26 heavy (non-hydrogen) atoms. The van der Waals surface area contributed by atoms with Gasteiger partial charge in [-0.2, -0.15) is 5.06 Å². The highest BCUT2D eigenvalue weighted by Crippen LogP contribution is 2.22. The van der Waals surface area contributed by atoms with Crippen molar-refractivity contribution in [3.63, 3.8) is 0 Å². The van der Waals surface area contributed by atoms with E-state index >= 15 is 0 Å². The third kappa shape index (κ3) is 8.05. The Hall–Kier alpha value is -1.80. The second-order valence-electron chi connectivity index (χ2n) is 6.83. The van der Waals surface area contributed by atoms with Crippen LogP contribution in [0.15, 0.2) is 12.2 Å². The first kappa shape index (κ1) is 22.2. The van der Waals surface area contributed by atoms with Crippen LogP contribution in [0, 0.1) is 17.8 Å². The Bertz CT molecular complexity index is 532. The molecule has 5 heteroatoms. The second kappa shape index (κ2) is 12.5. The topological polar surface area (TPSA) is 66.8 Å². The Kier molecular flexibility index (Phi) is 10.7. The molecule has 0 bridgehead atoms. The minimum absolute atomic E-state index is 0.183. The molecule has 1 amide bonds. The predicted octanol–water partition coefficient (Wildman–Crippen LogP) is 3.76. The standard InChI is InChI=1S/C21H33NO4/c1-4-6-8-10-12-19(23)15-13-18-14-16-20(24)22(18)26-21(25)17(3)11-9-7-5-2/h13,15,17-19,23H,4-5,7,9-12,14,16H2,1-3H3/b15-13+/t17?,18-,19-/m0/s1. The number of aliphatic hydroxyl groups excluding tert-OH is 1. The normalized spacial score (nSPS) is 19.3. The quantitative estimate of drug-likeness (QED) is 0.364. The van der Waals surface area contributed by atoms with Crippen LogP contribution < -0.4 is 0 Å². The number of hydrogen-bond acceptors (Lipinski definition) is 4. The van der Waals surface area contributed by atoms with Gasteiger partial charge in [0, 0.05) is 19.3 Å². The van der Waals surface area contributed by atoms with Crippen molar-refractivity contribution < 1.29 is 19.5 Å². The predicted molar refractivity (Wildman–Crippen MR) is 102 cm³/mol. The minimum Gasteiger partial charge on any atom is -0.389 e. The molecule has 0 aromatic heterocycles. The lowest BCUT2D eigenvalue weighted by molar-refractivity contribution is -0.201. The van der Waals surface area contributed by atoms with Gasteiger partial charge in [0.1, 0.15) is 0 Å². The van der Waals surface area contributed by atoms with Crippen LogP contribution in [0.1, 0.15) is 78.6 Å². The maximum absolute atomic E-state index is 12.2. The zero-order chi connectivity index (χ0) is 19.4. The van der Waals surface area contributed by atoms with Gasteiger partial charge in [-0.15, -0.1) is 11.8 Å². The Morgan fingerprint density at radius 1 is 1.35 bits per heavy atom. The molecule has 0 spiro atoms. The van der Waals surface area contributed by atoms with E-state index in [-0.39, 0.29) is 23.8 Å². The SMILES string of the molecule is CCC#CCC[C@H](O)/C=C/[C@H]1CCC(=O)N1OC(=O)C(C)CCCCC. The van der Waals surface area contributed by atoms with E-state index < -0.39 is 6.10 Å². The number of amides is 1. The Morgan fingerprint density at radius 3 is 2.81 bits per heavy atom. The van der Waals surface area contributed by atoms with Crippen molar-refractivity contribution in [1.82, 2.24) is 5.06 Å². The second-order valence-corrected chi connectivity index (χ2v) is 6.83. The van der Waals surface area contributed by atoms with Crippen LogP contribution in [-0.4, -0.2) is 34.2 Å². The van der Waals surface area contributed by atoms with Crippen molar-refractivity contribution in [2.24, 2.45) is 5.92 Å². The largest absolute Gasteiger partial charge is 0.389 e. The van der Waals surface area contributed by atoms with Gasteiger partial charge in [-0.1, -0.05) is 52.2 Å². The summed E-state index contributed by atoms with van der Waals surface area (Å²) in [5.41, 5.74) is 0. The molecule has 0 aromatic carbocycles. The minimum atomic E-state index is -0.609. The molecule has 1 aliphatic rings. The molecule has 146 valence electrons. The molecule has 0 aliphatic carbocycles. The van der Waals surface area contributed by atoms with Crippen molar-refractivity contribution in [3.05, 3.63) is 12.2 Å². The summed E-state index contributed by atoms with van der Waals surface area (Å²) in [5.74, 6) is 5.20. The van der Waals surface area contributed by atoms with Gasteiger partial charge in [-0.25, -0.2) is 4.79 Å². The average Bonchev–Trinajstić information content (AvgIpc) is 2.97. The van der Waals surface area contributed by atoms with E-state index in [2.05, 4.69) is 18.8 Å².